The normalized spacial score (nSPS) is 24.5. The molecule has 2 atom stereocenters. The van der Waals surface area contributed by atoms with Gasteiger partial charge in [0, 0.05) is 25.7 Å². The summed E-state index contributed by atoms with van der Waals surface area (Å²) in [6, 6.07) is 1.98. The van der Waals surface area contributed by atoms with Crippen molar-refractivity contribution in [2.75, 3.05) is 19.6 Å². The number of carboxylic acid groups (broad SMARTS) is 1. The number of hydrogen-bond donors (Lipinski definition) is 3. The molecule has 8 nitrogen and oxygen atoms in total. The van der Waals surface area contributed by atoms with Gasteiger partial charge in [0.2, 0.25) is 11.8 Å². The monoisotopic (exact) mass is 435 g/mol. The van der Waals surface area contributed by atoms with E-state index in [1.165, 1.54) is 17.0 Å². The van der Waals surface area contributed by atoms with Gasteiger partial charge in [0.15, 0.2) is 0 Å². The third-order valence-electron chi connectivity index (χ3n) is 6.53. The van der Waals surface area contributed by atoms with Gasteiger partial charge in [-0.15, -0.1) is 0 Å². The van der Waals surface area contributed by atoms with Crippen LogP contribution in [0.1, 0.15) is 31.2 Å². The minimum atomic E-state index is -1.29. The molecule has 2 unspecified atom stereocenters. The van der Waals surface area contributed by atoms with Crippen LogP contribution in [0.2, 0.25) is 0 Å². The Labute approximate surface area is 177 Å². The van der Waals surface area contributed by atoms with Crippen molar-refractivity contribution in [1.29, 1.82) is 0 Å². The number of piperidine rings is 1. The quantitative estimate of drug-likeness (QED) is 0.498. The van der Waals surface area contributed by atoms with Gasteiger partial charge >= 0.3 is 6.09 Å². The molecular formula is C21H23F2N3O5. The SMILES string of the molecule is O=C(NO)C1CC2(CC2)CN(C(=O)O)C1C(=O)N1CC=C(c2cc(F)cc(F)c2)CC1. The molecule has 0 bridgehead atoms. The molecule has 166 valence electrons. The van der Waals surface area contributed by atoms with Gasteiger partial charge in [-0.25, -0.2) is 19.1 Å². The lowest BCUT2D eigenvalue weighted by Gasteiger charge is -2.44. The number of benzene rings is 1. The first-order valence-electron chi connectivity index (χ1n) is 10.1. The minimum Gasteiger partial charge on any atom is -0.465 e. The number of nitrogens with one attached hydrogen (secondary N) is 1. The van der Waals surface area contributed by atoms with Gasteiger partial charge in [0.1, 0.15) is 17.7 Å². The molecule has 3 N–H and O–H groups in total. The van der Waals surface area contributed by atoms with Gasteiger partial charge in [0.25, 0.3) is 0 Å². The highest BCUT2D eigenvalue weighted by Gasteiger charge is 2.57. The third kappa shape index (κ3) is 4.12. The van der Waals surface area contributed by atoms with Crippen molar-refractivity contribution < 1.29 is 33.5 Å². The zero-order valence-electron chi connectivity index (χ0n) is 16.7. The molecule has 1 aliphatic carbocycles. The first kappa shape index (κ1) is 21.2. The molecule has 2 fully saturated rings. The maximum atomic E-state index is 13.5. The van der Waals surface area contributed by atoms with Crippen LogP contribution in [0.3, 0.4) is 0 Å². The number of likely N-dealkylation sites (tertiary alicyclic amines) is 1. The number of nitrogens with zero attached hydrogens (tertiary/aromatic N) is 2. The van der Waals surface area contributed by atoms with Crippen molar-refractivity contribution >= 4 is 23.5 Å². The maximum absolute atomic E-state index is 13.5. The van der Waals surface area contributed by atoms with Gasteiger partial charge in [-0.1, -0.05) is 6.08 Å². The van der Waals surface area contributed by atoms with E-state index < -0.39 is 41.5 Å². The zero-order chi connectivity index (χ0) is 22.3. The van der Waals surface area contributed by atoms with Crippen LogP contribution in [0, 0.1) is 23.0 Å². The molecule has 1 saturated heterocycles. The van der Waals surface area contributed by atoms with Crippen molar-refractivity contribution in [3.05, 3.63) is 41.5 Å². The summed E-state index contributed by atoms with van der Waals surface area (Å²) in [6.45, 7) is 0.506. The van der Waals surface area contributed by atoms with Crippen LogP contribution in [-0.4, -0.2) is 63.7 Å². The largest absolute Gasteiger partial charge is 0.465 e. The van der Waals surface area contributed by atoms with E-state index in [1.807, 2.05) is 0 Å². The molecule has 2 heterocycles. The Morgan fingerprint density at radius 1 is 1.13 bits per heavy atom. The Balaban J connectivity index is 1.56. The van der Waals surface area contributed by atoms with Crippen LogP contribution < -0.4 is 5.48 Å². The summed E-state index contributed by atoms with van der Waals surface area (Å²) in [7, 11) is 0. The summed E-state index contributed by atoms with van der Waals surface area (Å²) in [5.74, 6) is -3.68. The summed E-state index contributed by atoms with van der Waals surface area (Å²) in [4.78, 5) is 40.0. The first-order valence-corrected chi connectivity index (χ1v) is 10.1. The number of halogens is 2. The molecule has 0 aromatic heterocycles. The average molecular weight is 435 g/mol. The molecule has 2 aliphatic heterocycles. The molecule has 3 aliphatic rings. The van der Waals surface area contributed by atoms with E-state index in [-0.39, 0.29) is 25.0 Å². The van der Waals surface area contributed by atoms with Gasteiger partial charge in [-0.05, 0) is 54.4 Å². The zero-order valence-corrected chi connectivity index (χ0v) is 16.7. The highest BCUT2D eigenvalue weighted by Crippen LogP contribution is 2.55. The van der Waals surface area contributed by atoms with Crippen LogP contribution in [0.4, 0.5) is 13.6 Å². The highest BCUT2D eigenvalue weighted by molar-refractivity contribution is 5.93. The summed E-state index contributed by atoms with van der Waals surface area (Å²) in [5.41, 5.74) is 2.33. The first-order chi connectivity index (χ1) is 14.7. The fraction of sp³-hybridized carbons (Fsp3) is 0.476. The smallest absolute Gasteiger partial charge is 0.408 e. The van der Waals surface area contributed by atoms with Gasteiger partial charge in [-0.3, -0.25) is 19.7 Å². The molecule has 1 aromatic rings. The standard InChI is InChI=1S/C21H23F2N3O5/c22-14-7-13(8-15(23)9-14)12-1-5-25(6-2-12)19(28)17-16(18(27)24-31)10-21(3-4-21)11-26(17)20(29)30/h1,7-9,16-17,31H,2-6,10-11H2,(H,24,27)(H,29,30). The lowest BCUT2D eigenvalue weighted by molar-refractivity contribution is -0.149. The number of hydroxylamine groups is 1. The Morgan fingerprint density at radius 3 is 2.32 bits per heavy atom. The summed E-state index contributed by atoms with van der Waals surface area (Å²) in [6.07, 6.45) is 2.59. The summed E-state index contributed by atoms with van der Waals surface area (Å²) in [5, 5.41) is 18.9. The van der Waals surface area contributed by atoms with Crippen molar-refractivity contribution in [2.24, 2.45) is 11.3 Å². The van der Waals surface area contributed by atoms with E-state index in [0.717, 1.165) is 23.8 Å². The van der Waals surface area contributed by atoms with E-state index in [9.17, 15) is 28.3 Å². The predicted molar refractivity (Wildman–Crippen MR) is 104 cm³/mol. The Morgan fingerprint density at radius 2 is 1.81 bits per heavy atom. The van der Waals surface area contributed by atoms with E-state index in [4.69, 9.17) is 5.21 Å². The average Bonchev–Trinajstić information content (AvgIpc) is 3.49. The van der Waals surface area contributed by atoms with Crippen molar-refractivity contribution in [3.63, 3.8) is 0 Å². The lowest BCUT2D eigenvalue weighted by atomic mass is 9.79. The van der Waals surface area contributed by atoms with Crippen LogP contribution in [0.5, 0.6) is 0 Å². The van der Waals surface area contributed by atoms with E-state index in [0.29, 0.717) is 24.0 Å². The minimum absolute atomic E-state index is 0.120. The van der Waals surface area contributed by atoms with E-state index in [2.05, 4.69) is 0 Å². The number of amides is 3. The maximum Gasteiger partial charge on any atom is 0.408 e. The molecule has 31 heavy (non-hydrogen) atoms. The van der Waals surface area contributed by atoms with Crippen molar-refractivity contribution in [3.8, 4) is 0 Å². The molecule has 1 aromatic carbocycles. The number of carbonyl (C=O) groups is 3. The molecule has 3 amide bonds. The summed E-state index contributed by atoms with van der Waals surface area (Å²) >= 11 is 0. The van der Waals surface area contributed by atoms with Crippen LogP contribution >= 0.6 is 0 Å². The fourth-order valence-corrected chi connectivity index (χ4v) is 4.73. The second kappa shape index (κ2) is 7.92. The topological polar surface area (TPSA) is 110 Å². The second-order valence-corrected chi connectivity index (χ2v) is 8.56. The molecule has 0 radical (unpaired) electrons. The number of carbonyl (C=O) groups excluding carboxylic acids is 2. The molecule has 1 spiro atoms. The van der Waals surface area contributed by atoms with Crippen molar-refractivity contribution in [2.45, 2.75) is 31.7 Å². The molecule has 10 heteroatoms. The second-order valence-electron chi connectivity index (χ2n) is 8.56. The van der Waals surface area contributed by atoms with E-state index >= 15 is 0 Å². The van der Waals surface area contributed by atoms with Crippen molar-refractivity contribution in [1.82, 2.24) is 15.3 Å². The third-order valence-corrected chi connectivity index (χ3v) is 6.53. The van der Waals surface area contributed by atoms with Gasteiger partial charge in [-0.2, -0.15) is 0 Å². The predicted octanol–water partition coefficient (Wildman–Crippen LogP) is 2.23. The van der Waals surface area contributed by atoms with Gasteiger partial charge in [0.05, 0.1) is 5.92 Å². The summed E-state index contributed by atoms with van der Waals surface area (Å²) < 4.78 is 27.0. The lowest BCUT2D eigenvalue weighted by Crippen LogP contribution is -2.62. The van der Waals surface area contributed by atoms with Crippen LogP contribution in [0.15, 0.2) is 24.3 Å². The molecule has 1 saturated carbocycles. The number of rotatable bonds is 3. The van der Waals surface area contributed by atoms with E-state index in [1.54, 1.807) is 11.6 Å². The Bertz CT molecular complexity index is 942. The Hall–Kier alpha value is -3.01. The van der Waals surface area contributed by atoms with Crippen LogP contribution in [-0.2, 0) is 9.59 Å². The Kier molecular flexibility index (Phi) is 5.42. The van der Waals surface area contributed by atoms with Crippen LogP contribution in [0.25, 0.3) is 5.57 Å². The fourth-order valence-electron chi connectivity index (χ4n) is 4.73. The highest BCUT2D eigenvalue weighted by atomic mass is 19.1. The van der Waals surface area contributed by atoms with Gasteiger partial charge < -0.3 is 10.0 Å². The molecular weight excluding hydrogens is 412 g/mol. The molecule has 4 rings (SSSR count). The number of hydrogen-bond acceptors (Lipinski definition) is 4.